The number of nitrogens with zero attached hydrogens (tertiary/aromatic N) is 2. The van der Waals surface area contributed by atoms with Gasteiger partial charge in [0.2, 0.25) is 0 Å². The number of hydrogen-bond donors (Lipinski definition) is 2. The predicted octanol–water partition coefficient (Wildman–Crippen LogP) is 4.13. The number of nitrogens with one attached hydrogen (secondary N) is 1. The lowest BCUT2D eigenvalue weighted by atomic mass is 10.0. The van der Waals surface area contributed by atoms with Crippen LogP contribution in [0.15, 0.2) is 48.8 Å². The molecule has 170 valence electrons. The molecule has 2 N–H and O–H groups in total. The van der Waals surface area contributed by atoms with Gasteiger partial charge in [-0.2, -0.15) is 0 Å². The van der Waals surface area contributed by atoms with E-state index in [1.54, 1.807) is 32.7 Å². The Morgan fingerprint density at radius 2 is 1.84 bits per heavy atom. The topological polar surface area (TPSA) is 74.7 Å². The zero-order valence-corrected chi connectivity index (χ0v) is 18.6. The van der Waals surface area contributed by atoms with E-state index in [0.717, 1.165) is 18.7 Å². The highest BCUT2D eigenvalue weighted by Gasteiger charge is 2.28. The van der Waals surface area contributed by atoms with Crippen molar-refractivity contribution in [3.63, 3.8) is 0 Å². The Labute approximate surface area is 182 Å². The van der Waals surface area contributed by atoms with E-state index >= 15 is 0 Å². The Hall–Kier alpha value is -2.74. The number of rotatable bonds is 8. The van der Waals surface area contributed by atoms with Crippen molar-refractivity contribution in [2.24, 2.45) is 0 Å². The summed E-state index contributed by atoms with van der Waals surface area (Å²) in [5.74, 6) is -3.02. The van der Waals surface area contributed by atoms with Gasteiger partial charge in [-0.3, -0.25) is 4.98 Å². The summed E-state index contributed by atoms with van der Waals surface area (Å²) in [6.07, 6.45) is 1.32. The molecule has 2 aromatic rings. The van der Waals surface area contributed by atoms with Crippen molar-refractivity contribution in [2.45, 2.75) is 57.8 Å². The molecule has 0 saturated carbocycles. The van der Waals surface area contributed by atoms with Gasteiger partial charge in [-0.15, -0.1) is 0 Å². The number of aliphatic hydroxyl groups excluding tert-OH is 1. The standard InChI is InChI=1S/C23H31F2N3O3/c1-22(2,3)31-21(30)27-19(11-16-9-7-6-8-10-16)20(29)15-28(5)18-12-17(13-26-14-18)23(4,24)25/h6-10,12-14,19-20,29H,11,15H2,1-5H3,(H,27,30)/t19-,20+/m0/s1. The normalized spacial score (nSPS) is 13.9. The van der Waals surface area contributed by atoms with Crippen LogP contribution in [0.2, 0.25) is 0 Å². The minimum atomic E-state index is -3.02. The molecule has 0 bridgehead atoms. The fourth-order valence-electron chi connectivity index (χ4n) is 3.00. The lowest BCUT2D eigenvalue weighted by Crippen LogP contribution is -2.50. The van der Waals surface area contributed by atoms with Crippen molar-refractivity contribution in [1.82, 2.24) is 10.3 Å². The van der Waals surface area contributed by atoms with Crippen LogP contribution in [0.25, 0.3) is 0 Å². The zero-order chi connectivity index (χ0) is 23.2. The van der Waals surface area contributed by atoms with E-state index in [4.69, 9.17) is 4.74 Å². The average molecular weight is 436 g/mol. The van der Waals surface area contributed by atoms with Crippen molar-refractivity contribution in [3.05, 3.63) is 59.9 Å². The molecule has 2 atom stereocenters. The fraction of sp³-hybridized carbons (Fsp3) is 0.478. The molecular weight excluding hydrogens is 404 g/mol. The Morgan fingerprint density at radius 1 is 1.19 bits per heavy atom. The Bertz CT molecular complexity index is 851. The SMILES string of the molecule is CN(C[C@@H](O)[C@H](Cc1ccccc1)NC(=O)OC(C)(C)C)c1cncc(C(C)(F)F)c1. The molecule has 1 aromatic carbocycles. The summed E-state index contributed by atoms with van der Waals surface area (Å²) in [5, 5.41) is 13.6. The highest BCUT2D eigenvalue weighted by Crippen LogP contribution is 2.28. The Balaban J connectivity index is 2.15. The number of carbonyl (C=O) groups excluding carboxylic acids is 1. The smallest absolute Gasteiger partial charge is 0.407 e. The first-order valence-corrected chi connectivity index (χ1v) is 10.1. The second kappa shape index (κ2) is 10.0. The van der Waals surface area contributed by atoms with Gasteiger partial charge < -0.3 is 20.1 Å². The molecule has 0 aliphatic carbocycles. The molecule has 6 nitrogen and oxygen atoms in total. The van der Waals surface area contributed by atoms with Gasteiger partial charge in [0, 0.05) is 32.3 Å². The summed E-state index contributed by atoms with van der Waals surface area (Å²) < 4.78 is 32.6. The highest BCUT2D eigenvalue weighted by molar-refractivity contribution is 5.68. The van der Waals surface area contributed by atoms with E-state index in [2.05, 4.69) is 10.3 Å². The van der Waals surface area contributed by atoms with Crippen LogP contribution in [0.5, 0.6) is 0 Å². The summed E-state index contributed by atoms with van der Waals surface area (Å²) >= 11 is 0. The molecule has 0 saturated heterocycles. The highest BCUT2D eigenvalue weighted by atomic mass is 19.3. The minimum Gasteiger partial charge on any atom is -0.444 e. The quantitative estimate of drug-likeness (QED) is 0.652. The molecule has 0 fully saturated rings. The largest absolute Gasteiger partial charge is 0.444 e. The molecule has 0 radical (unpaired) electrons. The first kappa shape index (κ1) is 24.5. The van der Waals surface area contributed by atoms with Gasteiger partial charge in [0.15, 0.2) is 0 Å². The maximum atomic E-state index is 13.6. The molecule has 0 aliphatic heterocycles. The number of hydrogen-bond acceptors (Lipinski definition) is 5. The maximum Gasteiger partial charge on any atom is 0.407 e. The monoisotopic (exact) mass is 435 g/mol. The number of carbonyl (C=O) groups is 1. The van der Waals surface area contributed by atoms with Gasteiger partial charge in [0.1, 0.15) is 5.60 Å². The van der Waals surface area contributed by atoms with Crippen LogP contribution in [-0.4, -0.2) is 47.5 Å². The number of alkyl carbamates (subject to hydrolysis) is 1. The summed E-state index contributed by atoms with van der Waals surface area (Å²) in [4.78, 5) is 17.8. The van der Waals surface area contributed by atoms with Crippen LogP contribution in [-0.2, 0) is 17.1 Å². The Kier molecular flexibility index (Phi) is 7.95. The third kappa shape index (κ3) is 8.13. The number of ether oxygens (including phenoxy) is 1. The molecule has 0 aliphatic rings. The molecule has 2 rings (SSSR count). The molecule has 0 unspecified atom stereocenters. The number of benzene rings is 1. The van der Waals surface area contributed by atoms with Crippen LogP contribution in [0, 0.1) is 0 Å². The summed E-state index contributed by atoms with van der Waals surface area (Å²) in [7, 11) is 1.67. The van der Waals surface area contributed by atoms with Gasteiger partial charge in [-0.05, 0) is 38.8 Å². The number of aliphatic hydroxyl groups is 1. The molecule has 0 spiro atoms. The lowest BCUT2D eigenvalue weighted by molar-refractivity contribution is 0.0171. The van der Waals surface area contributed by atoms with Crippen LogP contribution in [0.4, 0.5) is 19.3 Å². The molecule has 31 heavy (non-hydrogen) atoms. The summed E-state index contributed by atoms with van der Waals surface area (Å²) in [6, 6.07) is 10.1. The molecule has 1 amide bonds. The van der Waals surface area contributed by atoms with E-state index in [9.17, 15) is 18.7 Å². The zero-order valence-electron chi connectivity index (χ0n) is 18.6. The second-order valence-electron chi connectivity index (χ2n) is 8.71. The molecule has 1 aromatic heterocycles. The number of aromatic nitrogens is 1. The summed E-state index contributed by atoms with van der Waals surface area (Å²) in [6.45, 7) is 6.17. The maximum absolute atomic E-state index is 13.6. The Morgan fingerprint density at radius 3 is 2.42 bits per heavy atom. The van der Waals surface area contributed by atoms with Crippen molar-refractivity contribution >= 4 is 11.8 Å². The van der Waals surface area contributed by atoms with Gasteiger partial charge in [-0.25, -0.2) is 13.6 Å². The van der Waals surface area contributed by atoms with Crippen LogP contribution < -0.4 is 10.2 Å². The van der Waals surface area contributed by atoms with Crippen molar-refractivity contribution in [3.8, 4) is 0 Å². The van der Waals surface area contributed by atoms with Crippen molar-refractivity contribution in [1.29, 1.82) is 0 Å². The lowest BCUT2D eigenvalue weighted by Gasteiger charge is -2.30. The third-order valence-electron chi connectivity index (χ3n) is 4.60. The van der Waals surface area contributed by atoms with Gasteiger partial charge in [-0.1, -0.05) is 30.3 Å². The van der Waals surface area contributed by atoms with Crippen molar-refractivity contribution < 1.29 is 23.4 Å². The second-order valence-corrected chi connectivity index (χ2v) is 8.71. The average Bonchev–Trinajstić information content (AvgIpc) is 2.66. The number of anilines is 1. The van der Waals surface area contributed by atoms with Gasteiger partial charge in [0.25, 0.3) is 5.92 Å². The summed E-state index contributed by atoms with van der Waals surface area (Å²) in [5.41, 5.74) is 0.480. The van der Waals surface area contributed by atoms with E-state index in [1.165, 1.54) is 12.3 Å². The number of halogens is 2. The van der Waals surface area contributed by atoms with Crippen LogP contribution in [0.3, 0.4) is 0 Å². The molecule has 8 heteroatoms. The van der Waals surface area contributed by atoms with Crippen molar-refractivity contribution in [2.75, 3.05) is 18.5 Å². The van der Waals surface area contributed by atoms with E-state index < -0.39 is 29.8 Å². The third-order valence-corrected chi connectivity index (χ3v) is 4.60. The van der Waals surface area contributed by atoms with E-state index in [0.29, 0.717) is 12.1 Å². The first-order chi connectivity index (χ1) is 14.3. The van der Waals surface area contributed by atoms with Gasteiger partial charge >= 0.3 is 6.09 Å². The van der Waals surface area contributed by atoms with E-state index in [1.807, 2.05) is 30.3 Å². The molecular formula is C23H31F2N3O3. The van der Waals surface area contributed by atoms with Gasteiger partial charge in [0.05, 0.1) is 24.0 Å². The van der Waals surface area contributed by atoms with E-state index in [-0.39, 0.29) is 12.1 Å². The minimum absolute atomic E-state index is 0.0910. The molecule has 1 heterocycles. The predicted molar refractivity (Wildman–Crippen MR) is 116 cm³/mol. The van der Waals surface area contributed by atoms with Crippen LogP contribution >= 0.6 is 0 Å². The number of pyridine rings is 1. The number of likely N-dealkylation sites (N-methyl/N-ethyl adjacent to an activating group) is 1. The van der Waals surface area contributed by atoms with Crippen LogP contribution in [0.1, 0.15) is 38.8 Å². The number of alkyl halides is 2. The number of amides is 1. The fourth-order valence-corrected chi connectivity index (χ4v) is 3.00. The first-order valence-electron chi connectivity index (χ1n) is 10.1.